The van der Waals surface area contributed by atoms with Crippen LogP contribution in [0.5, 0.6) is 5.75 Å². The first-order valence-electron chi connectivity index (χ1n) is 8.45. The van der Waals surface area contributed by atoms with E-state index in [1.807, 2.05) is 13.8 Å². The molecule has 0 heterocycles. The van der Waals surface area contributed by atoms with Gasteiger partial charge in [0.25, 0.3) is 0 Å². The highest BCUT2D eigenvalue weighted by molar-refractivity contribution is 6.14. The summed E-state index contributed by atoms with van der Waals surface area (Å²) in [6.45, 7) is 10.3. The van der Waals surface area contributed by atoms with Crippen LogP contribution in [-0.2, 0) is 5.41 Å². The fourth-order valence-corrected chi connectivity index (χ4v) is 2.95. The number of Topliss-reactive ketones (excluding diaryl/α,β-unsaturated/α-hetero) is 2. The Labute approximate surface area is 150 Å². The number of hydrogen-bond acceptors (Lipinski definition) is 3. The molecule has 0 aliphatic rings. The van der Waals surface area contributed by atoms with E-state index in [1.165, 1.54) is 5.56 Å². The summed E-state index contributed by atoms with van der Waals surface area (Å²) in [6.07, 6.45) is -0.122. The van der Waals surface area contributed by atoms with Gasteiger partial charge in [-0.1, -0.05) is 32.9 Å². The van der Waals surface area contributed by atoms with Crippen molar-refractivity contribution in [3.63, 3.8) is 0 Å². The summed E-state index contributed by atoms with van der Waals surface area (Å²) in [4.78, 5) is 25.1. The maximum absolute atomic E-state index is 12.7. The number of rotatable bonds is 5. The van der Waals surface area contributed by atoms with Gasteiger partial charge in [-0.2, -0.15) is 0 Å². The summed E-state index contributed by atoms with van der Waals surface area (Å²) in [7, 11) is 1.58. The smallest absolute Gasteiger partial charge is 0.171 e. The van der Waals surface area contributed by atoms with E-state index in [4.69, 9.17) is 4.74 Å². The van der Waals surface area contributed by atoms with Crippen LogP contribution in [-0.4, -0.2) is 18.7 Å². The lowest BCUT2D eigenvalue weighted by atomic mass is 9.83. The average molecular weight is 338 g/mol. The zero-order valence-corrected chi connectivity index (χ0v) is 15.9. The van der Waals surface area contributed by atoms with Crippen molar-refractivity contribution in [3.05, 3.63) is 64.2 Å². The van der Waals surface area contributed by atoms with Crippen molar-refractivity contribution < 1.29 is 14.3 Å². The Hall–Kier alpha value is -2.42. The summed E-state index contributed by atoms with van der Waals surface area (Å²) in [6, 6.07) is 10.9. The quantitative estimate of drug-likeness (QED) is 0.565. The van der Waals surface area contributed by atoms with E-state index in [2.05, 4.69) is 32.9 Å². The van der Waals surface area contributed by atoms with Gasteiger partial charge in [0.05, 0.1) is 13.5 Å². The highest BCUT2D eigenvalue weighted by Gasteiger charge is 2.21. The fraction of sp³-hybridized carbons (Fsp3) is 0.364. The van der Waals surface area contributed by atoms with Crippen LogP contribution in [0.2, 0.25) is 0 Å². The molecule has 0 amide bonds. The van der Waals surface area contributed by atoms with Gasteiger partial charge in [0.2, 0.25) is 0 Å². The zero-order valence-electron chi connectivity index (χ0n) is 15.9. The Bertz CT molecular complexity index is 770. The number of hydrogen-bond donors (Lipinski definition) is 0. The van der Waals surface area contributed by atoms with E-state index in [-0.39, 0.29) is 23.4 Å². The molecule has 0 spiro atoms. The van der Waals surface area contributed by atoms with Gasteiger partial charge in [-0.05, 0) is 60.2 Å². The van der Waals surface area contributed by atoms with Crippen LogP contribution in [0.3, 0.4) is 0 Å². The first kappa shape index (κ1) is 18.9. The maximum Gasteiger partial charge on any atom is 0.171 e. The Morgan fingerprint density at radius 3 is 1.88 bits per heavy atom. The fourth-order valence-electron chi connectivity index (χ4n) is 2.95. The number of methoxy groups -OCH3 is 1. The monoisotopic (exact) mass is 338 g/mol. The molecule has 25 heavy (non-hydrogen) atoms. The molecule has 0 aliphatic heterocycles. The van der Waals surface area contributed by atoms with Crippen molar-refractivity contribution in [1.29, 1.82) is 0 Å². The third-order valence-corrected chi connectivity index (χ3v) is 4.41. The summed E-state index contributed by atoms with van der Waals surface area (Å²) < 4.78 is 5.09. The van der Waals surface area contributed by atoms with Crippen LogP contribution in [0.25, 0.3) is 0 Å². The number of benzene rings is 2. The molecule has 0 fully saturated rings. The van der Waals surface area contributed by atoms with E-state index in [0.717, 1.165) is 11.1 Å². The molecule has 2 aromatic rings. The molecule has 3 heteroatoms. The number of ether oxygens (including phenoxy) is 1. The molecule has 132 valence electrons. The largest absolute Gasteiger partial charge is 0.497 e. The molecule has 0 atom stereocenters. The predicted molar refractivity (Wildman–Crippen MR) is 101 cm³/mol. The number of carbonyl (C=O) groups is 2. The van der Waals surface area contributed by atoms with Gasteiger partial charge in [-0.3, -0.25) is 9.59 Å². The summed E-state index contributed by atoms with van der Waals surface area (Å²) in [5, 5.41) is 0. The van der Waals surface area contributed by atoms with Gasteiger partial charge in [0, 0.05) is 11.1 Å². The van der Waals surface area contributed by atoms with E-state index >= 15 is 0 Å². The minimum absolute atomic E-state index is 0.0238. The third kappa shape index (κ3) is 4.36. The van der Waals surface area contributed by atoms with Gasteiger partial charge in [-0.25, -0.2) is 0 Å². The molecule has 0 bridgehead atoms. The lowest BCUT2D eigenvalue weighted by Crippen LogP contribution is -2.15. The maximum atomic E-state index is 12.7. The number of ketones is 2. The van der Waals surface area contributed by atoms with Crippen molar-refractivity contribution in [3.8, 4) is 5.75 Å². The second-order valence-corrected chi connectivity index (χ2v) is 7.49. The van der Waals surface area contributed by atoms with E-state index < -0.39 is 0 Å². The molecule has 0 saturated carbocycles. The standard InChI is InChI=1S/C22H26O3/c1-14-11-17(22(3,4)5)12-15(2)21(14)20(24)13-19(23)16-7-9-18(25-6)10-8-16/h7-12H,13H2,1-6H3. The van der Waals surface area contributed by atoms with Crippen molar-refractivity contribution >= 4 is 11.6 Å². The summed E-state index contributed by atoms with van der Waals surface area (Å²) in [5.41, 5.74) is 4.26. The van der Waals surface area contributed by atoms with Crippen LogP contribution in [0.4, 0.5) is 0 Å². The molecule has 2 rings (SSSR count). The molecule has 0 radical (unpaired) electrons. The van der Waals surface area contributed by atoms with Crippen molar-refractivity contribution in [2.24, 2.45) is 0 Å². The van der Waals surface area contributed by atoms with Crippen molar-refractivity contribution in [1.82, 2.24) is 0 Å². The normalized spacial score (nSPS) is 11.3. The minimum atomic E-state index is -0.175. The molecule has 3 nitrogen and oxygen atoms in total. The molecule has 0 saturated heterocycles. The van der Waals surface area contributed by atoms with E-state index in [0.29, 0.717) is 16.9 Å². The Morgan fingerprint density at radius 2 is 1.44 bits per heavy atom. The molecular formula is C22H26O3. The van der Waals surface area contributed by atoms with Gasteiger partial charge in [0.15, 0.2) is 11.6 Å². The predicted octanol–water partition coefficient (Wildman–Crippen LogP) is 5.07. The Balaban J connectivity index is 2.24. The van der Waals surface area contributed by atoms with Gasteiger partial charge < -0.3 is 4.74 Å². The van der Waals surface area contributed by atoms with Gasteiger partial charge >= 0.3 is 0 Å². The second kappa shape index (κ2) is 7.22. The lowest BCUT2D eigenvalue weighted by molar-refractivity contribution is 0.0893. The molecule has 0 aromatic heterocycles. The Kier molecular flexibility index (Phi) is 5.46. The zero-order chi connectivity index (χ0) is 18.8. The first-order valence-corrected chi connectivity index (χ1v) is 8.45. The topological polar surface area (TPSA) is 43.4 Å². The van der Waals surface area contributed by atoms with Crippen molar-refractivity contribution in [2.75, 3.05) is 7.11 Å². The number of carbonyl (C=O) groups excluding carboxylic acids is 2. The van der Waals surface area contributed by atoms with Gasteiger partial charge in [-0.15, -0.1) is 0 Å². The minimum Gasteiger partial charge on any atom is -0.497 e. The van der Waals surface area contributed by atoms with Crippen molar-refractivity contribution in [2.45, 2.75) is 46.5 Å². The second-order valence-electron chi connectivity index (χ2n) is 7.49. The molecule has 2 aromatic carbocycles. The Morgan fingerprint density at radius 1 is 0.920 bits per heavy atom. The van der Waals surface area contributed by atoms with Crippen LogP contribution in [0.1, 0.15) is 64.6 Å². The SMILES string of the molecule is COc1ccc(C(=O)CC(=O)c2c(C)cc(C(C)(C)C)cc2C)cc1. The van der Waals surface area contributed by atoms with E-state index in [9.17, 15) is 9.59 Å². The van der Waals surface area contributed by atoms with Gasteiger partial charge in [0.1, 0.15) is 5.75 Å². The average Bonchev–Trinajstić information content (AvgIpc) is 2.53. The highest BCUT2D eigenvalue weighted by Crippen LogP contribution is 2.27. The molecule has 0 unspecified atom stereocenters. The molecular weight excluding hydrogens is 312 g/mol. The first-order chi connectivity index (χ1) is 11.6. The van der Waals surface area contributed by atoms with E-state index in [1.54, 1.807) is 31.4 Å². The van der Waals surface area contributed by atoms with Crippen LogP contribution in [0.15, 0.2) is 36.4 Å². The van der Waals surface area contributed by atoms with Crippen LogP contribution in [0, 0.1) is 13.8 Å². The third-order valence-electron chi connectivity index (χ3n) is 4.41. The van der Waals surface area contributed by atoms with Crippen LogP contribution >= 0.6 is 0 Å². The summed E-state index contributed by atoms with van der Waals surface area (Å²) in [5.74, 6) is 0.384. The highest BCUT2D eigenvalue weighted by atomic mass is 16.5. The number of aryl methyl sites for hydroxylation is 2. The lowest BCUT2D eigenvalue weighted by Gasteiger charge is -2.22. The van der Waals surface area contributed by atoms with Crippen LogP contribution < -0.4 is 4.74 Å². The summed E-state index contributed by atoms with van der Waals surface area (Å²) >= 11 is 0. The molecule has 0 N–H and O–H groups in total. The molecule has 0 aliphatic carbocycles.